The van der Waals surface area contributed by atoms with Crippen molar-refractivity contribution in [3.63, 3.8) is 0 Å². The Morgan fingerprint density at radius 3 is 2.71 bits per heavy atom. The second-order valence-electron chi connectivity index (χ2n) is 6.21. The van der Waals surface area contributed by atoms with Crippen LogP contribution in [0, 0.1) is 12.7 Å². The number of nitrogens with one attached hydrogen (secondary N) is 2. The second kappa shape index (κ2) is 7.38. The summed E-state index contributed by atoms with van der Waals surface area (Å²) in [5.41, 5.74) is 1.15. The molecule has 6 heteroatoms. The summed E-state index contributed by atoms with van der Waals surface area (Å²) >= 11 is 0. The number of aryl methyl sites for hydroxylation is 1. The lowest BCUT2D eigenvalue weighted by Gasteiger charge is -2.23. The minimum atomic E-state index is -0.460. The third kappa shape index (κ3) is 4.07. The van der Waals surface area contributed by atoms with Gasteiger partial charge in [-0.15, -0.1) is 0 Å². The maximum atomic E-state index is 13.9. The predicted molar refractivity (Wildman–Crippen MR) is 91.6 cm³/mol. The van der Waals surface area contributed by atoms with Crippen molar-refractivity contribution in [2.45, 2.75) is 45.1 Å². The maximum Gasteiger partial charge on any atom is 0.274 e. The fourth-order valence-corrected chi connectivity index (χ4v) is 2.92. The van der Waals surface area contributed by atoms with Gasteiger partial charge in [0, 0.05) is 12.1 Å². The van der Waals surface area contributed by atoms with Gasteiger partial charge in [-0.1, -0.05) is 25.3 Å². The molecule has 0 spiro atoms. The number of nitrogens with zero attached hydrogens (tertiary/aromatic N) is 2. The number of hydrogen-bond acceptors (Lipinski definition) is 4. The number of carbonyl (C=O) groups excluding carboxylic acids is 1. The van der Waals surface area contributed by atoms with Gasteiger partial charge in [0.05, 0.1) is 5.69 Å². The molecule has 0 radical (unpaired) electrons. The Hall–Kier alpha value is -2.50. The van der Waals surface area contributed by atoms with Gasteiger partial charge in [-0.2, -0.15) is 0 Å². The van der Waals surface area contributed by atoms with Crippen LogP contribution >= 0.6 is 0 Å². The van der Waals surface area contributed by atoms with E-state index < -0.39 is 11.7 Å². The molecule has 0 saturated heterocycles. The first-order chi connectivity index (χ1) is 11.6. The third-order valence-electron chi connectivity index (χ3n) is 4.23. The van der Waals surface area contributed by atoms with Crippen LogP contribution in [0.4, 0.5) is 15.9 Å². The molecule has 0 bridgehead atoms. The molecule has 1 saturated carbocycles. The molecule has 0 atom stereocenters. The zero-order chi connectivity index (χ0) is 16.9. The Bertz CT molecular complexity index is 729. The Balaban J connectivity index is 1.69. The van der Waals surface area contributed by atoms with E-state index in [9.17, 15) is 9.18 Å². The van der Waals surface area contributed by atoms with E-state index in [-0.39, 0.29) is 11.4 Å². The van der Waals surface area contributed by atoms with Crippen molar-refractivity contribution >= 4 is 17.4 Å². The highest BCUT2D eigenvalue weighted by atomic mass is 19.1. The van der Waals surface area contributed by atoms with Gasteiger partial charge in [0.1, 0.15) is 23.7 Å². The van der Waals surface area contributed by atoms with Crippen molar-refractivity contribution in [3.05, 3.63) is 47.7 Å². The largest absolute Gasteiger partial charge is 0.367 e. The van der Waals surface area contributed by atoms with Crippen LogP contribution in [-0.2, 0) is 0 Å². The molecular weight excluding hydrogens is 307 g/mol. The van der Waals surface area contributed by atoms with Crippen LogP contribution in [0.15, 0.2) is 30.6 Å². The molecule has 0 aliphatic heterocycles. The molecule has 2 N–H and O–H groups in total. The topological polar surface area (TPSA) is 66.9 Å². The lowest BCUT2D eigenvalue weighted by Crippen LogP contribution is -2.23. The summed E-state index contributed by atoms with van der Waals surface area (Å²) in [6.07, 6.45) is 7.27. The van der Waals surface area contributed by atoms with Crippen LogP contribution in [0.1, 0.15) is 48.2 Å². The van der Waals surface area contributed by atoms with Crippen LogP contribution < -0.4 is 10.6 Å². The summed E-state index contributed by atoms with van der Waals surface area (Å²) in [7, 11) is 0. The van der Waals surface area contributed by atoms with E-state index in [2.05, 4.69) is 20.6 Å². The minimum absolute atomic E-state index is 0.144. The highest BCUT2D eigenvalue weighted by Crippen LogP contribution is 2.21. The summed E-state index contributed by atoms with van der Waals surface area (Å²) in [6.45, 7) is 1.79. The number of halogens is 1. The Kier molecular flexibility index (Phi) is 5.03. The standard InChI is InChI=1S/C18H21FN4O/c1-12-7-8-15(14(19)9-12)23-18(24)16-10-17(21-11-20-16)22-13-5-3-2-4-6-13/h7-11,13H,2-6H2,1H3,(H,23,24)(H,20,21,22). The van der Waals surface area contributed by atoms with Crippen LogP contribution in [0.5, 0.6) is 0 Å². The van der Waals surface area contributed by atoms with Gasteiger partial charge in [-0.25, -0.2) is 14.4 Å². The monoisotopic (exact) mass is 328 g/mol. The minimum Gasteiger partial charge on any atom is -0.367 e. The first-order valence-corrected chi connectivity index (χ1v) is 8.28. The van der Waals surface area contributed by atoms with Crippen molar-refractivity contribution in [3.8, 4) is 0 Å². The van der Waals surface area contributed by atoms with E-state index in [0.717, 1.165) is 18.4 Å². The molecular formula is C18H21FN4O. The molecule has 1 aromatic heterocycles. The quantitative estimate of drug-likeness (QED) is 0.892. The van der Waals surface area contributed by atoms with Gasteiger partial charge >= 0.3 is 0 Å². The highest BCUT2D eigenvalue weighted by molar-refractivity contribution is 6.03. The van der Waals surface area contributed by atoms with Gasteiger partial charge in [0.25, 0.3) is 5.91 Å². The summed E-state index contributed by atoms with van der Waals surface area (Å²) in [5, 5.41) is 5.91. The molecule has 2 aromatic rings. The van der Waals surface area contributed by atoms with Crippen molar-refractivity contribution in [2.24, 2.45) is 0 Å². The van der Waals surface area contributed by atoms with Crippen LogP contribution in [0.2, 0.25) is 0 Å². The number of rotatable bonds is 4. The van der Waals surface area contributed by atoms with Gasteiger partial charge in [0.15, 0.2) is 0 Å². The van der Waals surface area contributed by atoms with Gasteiger partial charge < -0.3 is 10.6 Å². The summed E-state index contributed by atoms with van der Waals surface area (Å²) in [5.74, 6) is -0.281. The van der Waals surface area contributed by atoms with E-state index in [1.165, 1.54) is 31.7 Å². The molecule has 1 aromatic carbocycles. The summed E-state index contributed by atoms with van der Waals surface area (Å²) < 4.78 is 13.9. The zero-order valence-electron chi connectivity index (χ0n) is 13.7. The lowest BCUT2D eigenvalue weighted by atomic mass is 9.95. The Morgan fingerprint density at radius 2 is 1.96 bits per heavy atom. The van der Waals surface area contributed by atoms with Crippen molar-refractivity contribution < 1.29 is 9.18 Å². The number of amides is 1. The average Bonchev–Trinajstić information content (AvgIpc) is 2.58. The van der Waals surface area contributed by atoms with Gasteiger partial charge in [-0.05, 0) is 37.5 Å². The van der Waals surface area contributed by atoms with Crippen LogP contribution in [-0.4, -0.2) is 21.9 Å². The van der Waals surface area contributed by atoms with Crippen LogP contribution in [0.3, 0.4) is 0 Å². The number of carbonyl (C=O) groups is 1. The van der Waals surface area contributed by atoms with Crippen LogP contribution in [0.25, 0.3) is 0 Å². The zero-order valence-corrected chi connectivity index (χ0v) is 13.7. The molecule has 5 nitrogen and oxygen atoms in total. The molecule has 1 aliphatic rings. The van der Waals surface area contributed by atoms with E-state index in [1.807, 2.05) is 0 Å². The highest BCUT2D eigenvalue weighted by Gasteiger charge is 2.16. The van der Waals surface area contributed by atoms with E-state index in [4.69, 9.17) is 0 Å². The van der Waals surface area contributed by atoms with Crippen molar-refractivity contribution in [1.82, 2.24) is 9.97 Å². The summed E-state index contributed by atoms with van der Waals surface area (Å²) in [4.78, 5) is 20.5. The fraction of sp³-hybridized carbons (Fsp3) is 0.389. The molecule has 24 heavy (non-hydrogen) atoms. The Morgan fingerprint density at radius 1 is 1.17 bits per heavy atom. The molecule has 0 unspecified atom stereocenters. The first-order valence-electron chi connectivity index (χ1n) is 8.28. The molecule has 1 fully saturated rings. The van der Waals surface area contributed by atoms with Gasteiger partial charge in [0.2, 0.25) is 0 Å². The molecule has 126 valence electrons. The SMILES string of the molecule is Cc1ccc(NC(=O)c2cc(NC3CCCCC3)ncn2)c(F)c1. The van der Waals surface area contributed by atoms with E-state index >= 15 is 0 Å². The summed E-state index contributed by atoms with van der Waals surface area (Å²) in [6, 6.07) is 6.67. The fourth-order valence-electron chi connectivity index (χ4n) is 2.92. The number of aromatic nitrogens is 2. The van der Waals surface area contributed by atoms with E-state index in [1.54, 1.807) is 25.1 Å². The molecule has 1 heterocycles. The number of hydrogen-bond donors (Lipinski definition) is 2. The Labute approximate surface area is 140 Å². The van der Waals surface area contributed by atoms with Gasteiger partial charge in [-0.3, -0.25) is 4.79 Å². The predicted octanol–water partition coefficient (Wildman–Crippen LogP) is 3.92. The number of anilines is 2. The lowest BCUT2D eigenvalue weighted by molar-refractivity contribution is 0.102. The second-order valence-corrected chi connectivity index (χ2v) is 6.21. The molecule has 1 amide bonds. The number of benzene rings is 1. The first kappa shape index (κ1) is 16.4. The van der Waals surface area contributed by atoms with Crippen molar-refractivity contribution in [2.75, 3.05) is 10.6 Å². The molecule has 1 aliphatic carbocycles. The van der Waals surface area contributed by atoms with E-state index in [0.29, 0.717) is 11.9 Å². The normalized spacial score (nSPS) is 15.1. The smallest absolute Gasteiger partial charge is 0.274 e. The average molecular weight is 328 g/mol. The van der Waals surface area contributed by atoms with Crippen molar-refractivity contribution in [1.29, 1.82) is 0 Å². The third-order valence-corrected chi connectivity index (χ3v) is 4.23. The maximum absolute atomic E-state index is 13.9. The molecule has 3 rings (SSSR count).